The van der Waals surface area contributed by atoms with E-state index in [0.717, 1.165) is 18.4 Å². The molecule has 1 aromatic rings. The monoisotopic (exact) mass is 392 g/mol. The van der Waals surface area contributed by atoms with Crippen molar-refractivity contribution in [2.24, 2.45) is 12.5 Å². The van der Waals surface area contributed by atoms with Crippen molar-refractivity contribution in [3.63, 3.8) is 0 Å². The third-order valence-corrected chi connectivity index (χ3v) is 6.43. The molecule has 9 heteroatoms. The standard InChI is InChI=1S/C16H28N4O3S.ClH/c1-15(2,3)11-12-10-13(20(4)19-12)18-14(21)16(24(5,22)23)6-8-17-9-7-16;/h10,17H,6-9,11H2,1-5H3,(H,18,21);1H. The molecule has 7 nitrogen and oxygen atoms in total. The molecule has 2 N–H and O–H groups in total. The Morgan fingerprint density at radius 1 is 1.36 bits per heavy atom. The van der Waals surface area contributed by atoms with Crippen LogP contribution in [-0.2, 0) is 28.1 Å². The first-order valence-electron chi connectivity index (χ1n) is 8.19. The van der Waals surface area contributed by atoms with Gasteiger partial charge in [0, 0.05) is 19.4 Å². The summed E-state index contributed by atoms with van der Waals surface area (Å²) in [6.45, 7) is 7.39. The lowest BCUT2D eigenvalue weighted by Crippen LogP contribution is -2.55. The number of hydrogen-bond donors (Lipinski definition) is 2. The van der Waals surface area contributed by atoms with Crippen LogP contribution in [0.25, 0.3) is 0 Å². The van der Waals surface area contributed by atoms with Gasteiger partial charge in [0.1, 0.15) is 5.82 Å². The highest BCUT2D eigenvalue weighted by Gasteiger charge is 2.48. The van der Waals surface area contributed by atoms with Crippen molar-refractivity contribution in [2.75, 3.05) is 24.7 Å². The topological polar surface area (TPSA) is 93.1 Å². The minimum atomic E-state index is -3.52. The van der Waals surface area contributed by atoms with Gasteiger partial charge in [-0.1, -0.05) is 20.8 Å². The molecule has 25 heavy (non-hydrogen) atoms. The van der Waals surface area contributed by atoms with Crippen molar-refractivity contribution in [2.45, 2.75) is 44.8 Å². The molecule has 1 aromatic heterocycles. The normalized spacial score (nSPS) is 17.6. The Kier molecular flexibility index (Phi) is 6.69. The summed E-state index contributed by atoms with van der Waals surface area (Å²) in [7, 11) is -1.78. The molecule has 0 spiro atoms. The predicted molar refractivity (Wildman–Crippen MR) is 102 cm³/mol. The van der Waals surface area contributed by atoms with Gasteiger partial charge >= 0.3 is 0 Å². The van der Waals surface area contributed by atoms with Crippen LogP contribution in [0.4, 0.5) is 5.82 Å². The summed E-state index contributed by atoms with van der Waals surface area (Å²) in [6, 6.07) is 1.82. The third-order valence-electron chi connectivity index (χ3n) is 4.42. The van der Waals surface area contributed by atoms with Gasteiger partial charge in [0.15, 0.2) is 14.6 Å². The largest absolute Gasteiger partial charge is 0.317 e. The number of sulfone groups is 1. The fourth-order valence-electron chi connectivity index (χ4n) is 3.10. The number of nitrogens with zero attached hydrogens (tertiary/aromatic N) is 2. The van der Waals surface area contributed by atoms with E-state index >= 15 is 0 Å². The first-order valence-corrected chi connectivity index (χ1v) is 10.1. The van der Waals surface area contributed by atoms with Crippen LogP contribution in [0, 0.1) is 5.41 Å². The Labute approximate surface area is 156 Å². The number of anilines is 1. The van der Waals surface area contributed by atoms with Crippen LogP contribution in [0.3, 0.4) is 0 Å². The average Bonchev–Trinajstić information content (AvgIpc) is 2.75. The van der Waals surface area contributed by atoms with Gasteiger partial charge in [-0.15, -0.1) is 12.4 Å². The lowest BCUT2D eigenvalue weighted by Gasteiger charge is -2.34. The quantitative estimate of drug-likeness (QED) is 0.810. The summed E-state index contributed by atoms with van der Waals surface area (Å²) in [5.74, 6) is 0.0672. The molecular formula is C16H29ClN4O3S. The lowest BCUT2D eigenvalue weighted by atomic mass is 9.91. The predicted octanol–water partition coefficient (Wildman–Crippen LogP) is 1.54. The number of rotatable bonds is 4. The first-order chi connectivity index (χ1) is 10.9. The zero-order chi connectivity index (χ0) is 18.2. The van der Waals surface area contributed by atoms with E-state index in [0.29, 0.717) is 18.9 Å². The number of aryl methyl sites for hydroxylation is 1. The Morgan fingerprint density at radius 3 is 2.40 bits per heavy atom. The third kappa shape index (κ3) is 4.95. The summed E-state index contributed by atoms with van der Waals surface area (Å²) in [5, 5.41) is 10.3. The maximum atomic E-state index is 12.8. The number of halogens is 1. The van der Waals surface area contributed by atoms with E-state index in [1.807, 2.05) is 6.07 Å². The molecule has 1 amide bonds. The van der Waals surface area contributed by atoms with E-state index in [1.165, 1.54) is 0 Å². The molecule has 2 heterocycles. The van der Waals surface area contributed by atoms with Crippen LogP contribution < -0.4 is 10.6 Å². The minimum absolute atomic E-state index is 0. The average molecular weight is 393 g/mol. The van der Waals surface area contributed by atoms with E-state index in [4.69, 9.17) is 0 Å². The van der Waals surface area contributed by atoms with E-state index in [2.05, 4.69) is 36.5 Å². The molecule has 1 aliphatic heterocycles. The summed E-state index contributed by atoms with van der Waals surface area (Å²) in [5.41, 5.74) is 0.956. The second kappa shape index (κ2) is 7.63. The van der Waals surface area contributed by atoms with Crippen molar-refractivity contribution >= 4 is 34.0 Å². The number of aromatic nitrogens is 2. The SMILES string of the molecule is Cl.Cn1nc(CC(C)(C)C)cc1NC(=O)C1(S(C)(=O)=O)CCNCC1. The molecule has 1 fully saturated rings. The van der Waals surface area contributed by atoms with E-state index in [1.54, 1.807) is 11.7 Å². The van der Waals surface area contributed by atoms with Crippen LogP contribution >= 0.6 is 12.4 Å². The number of nitrogens with one attached hydrogen (secondary N) is 2. The molecule has 2 rings (SSSR count). The van der Waals surface area contributed by atoms with Gasteiger partial charge in [0.05, 0.1) is 5.69 Å². The Bertz CT molecular complexity index is 716. The van der Waals surface area contributed by atoms with Crippen LogP contribution in [0.5, 0.6) is 0 Å². The van der Waals surface area contributed by atoms with Gasteiger partial charge in [-0.25, -0.2) is 8.42 Å². The highest BCUT2D eigenvalue weighted by Crippen LogP contribution is 2.30. The number of carbonyl (C=O) groups is 1. The molecule has 1 saturated heterocycles. The zero-order valence-electron chi connectivity index (χ0n) is 15.5. The molecule has 144 valence electrons. The number of hydrogen-bond acceptors (Lipinski definition) is 5. The van der Waals surface area contributed by atoms with Crippen LogP contribution in [0.1, 0.15) is 39.3 Å². The number of carbonyl (C=O) groups excluding carboxylic acids is 1. The number of piperidine rings is 1. The van der Waals surface area contributed by atoms with Gasteiger partial charge in [-0.3, -0.25) is 9.48 Å². The molecule has 0 aliphatic carbocycles. The van der Waals surface area contributed by atoms with Gasteiger partial charge in [0.2, 0.25) is 5.91 Å². The second-order valence-corrected chi connectivity index (χ2v) is 10.2. The lowest BCUT2D eigenvalue weighted by molar-refractivity contribution is -0.119. The van der Waals surface area contributed by atoms with Crippen molar-refractivity contribution in [1.29, 1.82) is 0 Å². The second-order valence-electron chi connectivity index (χ2n) is 7.85. The van der Waals surface area contributed by atoms with Gasteiger partial charge in [-0.2, -0.15) is 5.10 Å². The van der Waals surface area contributed by atoms with Crippen LogP contribution in [-0.4, -0.2) is 48.2 Å². The van der Waals surface area contributed by atoms with Crippen molar-refractivity contribution in [1.82, 2.24) is 15.1 Å². The molecular weight excluding hydrogens is 364 g/mol. The van der Waals surface area contributed by atoms with Crippen molar-refractivity contribution < 1.29 is 13.2 Å². The Morgan fingerprint density at radius 2 is 1.92 bits per heavy atom. The van der Waals surface area contributed by atoms with Gasteiger partial charge in [-0.05, 0) is 37.8 Å². The van der Waals surface area contributed by atoms with Crippen LogP contribution in [0.15, 0.2) is 6.07 Å². The highest BCUT2D eigenvalue weighted by atomic mass is 35.5. The van der Waals surface area contributed by atoms with Crippen molar-refractivity contribution in [3.05, 3.63) is 11.8 Å². The number of amides is 1. The fourth-order valence-corrected chi connectivity index (χ4v) is 4.43. The smallest absolute Gasteiger partial charge is 0.247 e. The molecule has 0 radical (unpaired) electrons. The maximum Gasteiger partial charge on any atom is 0.247 e. The summed E-state index contributed by atoms with van der Waals surface area (Å²) in [6.07, 6.45) is 2.48. The summed E-state index contributed by atoms with van der Waals surface area (Å²) in [4.78, 5) is 12.8. The Hall–Kier alpha value is -1.12. The fraction of sp³-hybridized carbons (Fsp3) is 0.750. The zero-order valence-corrected chi connectivity index (χ0v) is 17.2. The molecule has 0 bridgehead atoms. The molecule has 1 aliphatic rings. The summed E-state index contributed by atoms with van der Waals surface area (Å²) >= 11 is 0. The Balaban J connectivity index is 0.00000312. The van der Waals surface area contributed by atoms with Crippen molar-refractivity contribution in [3.8, 4) is 0 Å². The first kappa shape index (κ1) is 21.9. The molecule has 0 unspecified atom stereocenters. The molecule has 0 saturated carbocycles. The van der Waals surface area contributed by atoms with Crippen LogP contribution in [0.2, 0.25) is 0 Å². The molecule has 0 aromatic carbocycles. The van der Waals surface area contributed by atoms with Gasteiger partial charge in [0.25, 0.3) is 0 Å². The van der Waals surface area contributed by atoms with E-state index < -0.39 is 20.5 Å². The highest BCUT2D eigenvalue weighted by molar-refractivity contribution is 7.92. The van der Waals surface area contributed by atoms with E-state index in [9.17, 15) is 13.2 Å². The maximum absolute atomic E-state index is 12.8. The van der Waals surface area contributed by atoms with Gasteiger partial charge < -0.3 is 10.6 Å². The molecule has 0 atom stereocenters. The minimum Gasteiger partial charge on any atom is -0.317 e. The summed E-state index contributed by atoms with van der Waals surface area (Å²) < 4.78 is 24.8. The van der Waals surface area contributed by atoms with E-state index in [-0.39, 0.29) is 30.7 Å².